The maximum Gasteiger partial charge on any atom is 0.155 e. The highest BCUT2D eigenvalue weighted by Gasteiger charge is 1.96. The molecule has 0 bridgehead atoms. The van der Waals surface area contributed by atoms with Crippen molar-refractivity contribution >= 4 is 5.78 Å². The van der Waals surface area contributed by atoms with Crippen molar-refractivity contribution < 1.29 is 4.79 Å². The van der Waals surface area contributed by atoms with Gasteiger partial charge in [0, 0.05) is 0 Å². The molecule has 0 N–H and O–H groups in total. The Morgan fingerprint density at radius 3 is 2.11 bits per heavy atom. The van der Waals surface area contributed by atoms with E-state index in [0.29, 0.717) is 0 Å². The number of ketones is 1. The molecule has 0 heterocycles. The molecule has 0 spiro atoms. The molecule has 0 saturated carbocycles. The summed E-state index contributed by atoms with van der Waals surface area (Å²) in [5, 5.41) is 0. The summed E-state index contributed by atoms with van der Waals surface area (Å²) in [5.74, 6) is 0.208. The number of rotatable bonds is 3. The maximum absolute atomic E-state index is 10.7. The van der Waals surface area contributed by atoms with Gasteiger partial charge in [-0.1, -0.05) is 19.9 Å². The van der Waals surface area contributed by atoms with Gasteiger partial charge in [0.25, 0.3) is 0 Å². The number of hydrogen-bond acceptors (Lipinski definition) is 1. The van der Waals surface area contributed by atoms with Crippen molar-refractivity contribution in [1.82, 2.24) is 0 Å². The molecule has 0 radical (unpaired) electrons. The van der Waals surface area contributed by atoms with Crippen LogP contribution < -0.4 is 0 Å². The van der Waals surface area contributed by atoms with E-state index in [2.05, 4.69) is 0 Å². The lowest BCUT2D eigenvalue weighted by Crippen LogP contribution is -1.93. The Bertz CT molecular complexity index is 123. The molecule has 1 heteroatoms. The van der Waals surface area contributed by atoms with E-state index in [1.165, 1.54) is 0 Å². The van der Waals surface area contributed by atoms with Crippen LogP contribution in [0.25, 0.3) is 0 Å². The molecule has 1 nitrogen and oxygen atoms in total. The number of allylic oxidation sites excluding steroid dienone is 2. The van der Waals surface area contributed by atoms with E-state index in [-0.39, 0.29) is 5.78 Å². The first-order valence-electron chi connectivity index (χ1n) is 3.42. The lowest BCUT2D eigenvalue weighted by atomic mass is 10.1. The van der Waals surface area contributed by atoms with Gasteiger partial charge in [-0.05, 0) is 25.3 Å². The van der Waals surface area contributed by atoms with Crippen LogP contribution in [0, 0.1) is 0 Å². The summed E-state index contributed by atoms with van der Waals surface area (Å²) in [6.45, 7) is 5.66. The minimum Gasteiger partial charge on any atom is -0.295 e. The zero-order valence-corrected chi connectivity index (χ0v) is 6.40. The van der Waals surface area contributed by atoms with E-state index in [0.717, 1.165) is 18.4 Å². The van der Waals surface area contributed by atoms with E-state index >= 15 is 0 Å². The maximum atomic E-state index is 10.7. The van der Waals surface area contributed by atoms with Crippen molar-refractivity contribution in [3.8, 4) is 0 Å². The van der Waals surface area contributed by atoms with Crippen molar-refractivity contribution in [2.75, 3.05) is 0 Å². The van der Waals surface area contributed by atoms with Crippen molar-refractivity contribution in [3.05, 3.63) is 11.6 Å². The van der Waals surface area contributed by atoms with Gasteiger partial charge in [0.1, 0.15) is 0 Å². The molecule has 0 aromatic rings. The molecule has 0 unspecified atom stereocenters. The Morgan fingerprint density at radius 2 is 2.00 bits per heavy atom. The molecule has 0 saturated heterocycles. The molecule has 0 aromatic carbocycles. The molecule has 0 aliphatic carbocycles. The van der Waals surface area contributed by atoms with Crippen LogP contribution in [-0.2, 0) is 4.79 Å². The fourth-order valence-electron chi connectivity index (χ4n) is 0.783. The van der Waals surface area contributed by atoms with Crippen molar-refractivity contribution in [2.45, 2.75) is 33.6 Å². The second-order valence-electron chi connectivity index (χ2n) is 2.05. The fraction of sp³-hybridized carbons (Fsp3) is 0.625. The molecule has 0 aliphatic rings. The Balaban J connectivity index is 3.98. The van der Waals surface area contributed by atoms with Crippen molar-refractivity contribution in [1.29, 1.82) is 0 Å². The van der Waals surface area contributed by atoms with Crippen LogP contribution in [0.5, 0.6) is 0 Å². The van der Waals surface area contributed by atoms with E-state index in [1.54, 1.807) is 6.92 Å². The van der Waals surface area contributed by atoms with E-state index in [1.807, 2.05) is 19.9 Å². The lowest BCUT2D eigenvalue weighted by molar-refractivity contribution is -0.113. The normalized spacial score (nSPS) is 11.7. The minimum atomic E-state index is 0.208. The molecule has 9 heavy (non-hydrogen) atoms. The highest BCUT2D eigenvalue weighted by molar-refractivity contribution is 5.93. The van der Waals surface area contributed by atoms with Gasteiger partial charge in [0.05, 0.1) is 0 Å². The van der Waals surface area contributed by atoms with E-state index in [9.17, 15) is 4.79 Å². The Hall–Kier alpha value is -0.590. The standard InChI is InChI=1S/C8H14O/c1-4-6-8(5-2)7(3)9/h6H,4-5H2,1-3H3/b8-6-. The zero-order chi connectivity index (χ0) is 7.28. The first kappa shape index (κ1) is 8.41. The summed E-state index contributed by atoms with van der Waals surface area (Å²) < 4.78 is 0. The summed E-state index contributed by atoms with van der Waals surface area (Å²) in [6, 6.07) is 0. The van der Waals surface area contributed by atoms with Crippen LogP contribution in [0.1, 0.15) is 33.6 Å². The topological polar surface area (TPSA) is 17.1 Å². The summed E-state index contributed by atoms with van der Waals surface area (Å²) in [4.78, 5) is 10.7. The van der Waals surface area contributed by atoms with Gasteiger partial charge >= 0.3 is 0 Å². The summed E-state index contributed by atoms with van der Waals surface area (Å²) in [6.07, 6.45) is 3.81. The summed E-state index contributed by atoms with van der Waals surface area (Å²) in [7, 11) is 0. The summed E-state index contributed by atoms with van der Waals surface area (Å²) >= 11 is 0. The largest absolute Gasteiger partial charge is 0.295 e. The number of hydrogen-bond donors (Lipinski definition) is 0. The number of carbonyl (C=O) groups is 1. The smallest absolute Gasteiger partial charge is 0.155 e. The molecular formula is C8H14O. The quantitative estimate of drug-likeness (QED) is 0.530. The zero-order valence-electron chi connectivity index (χ0n) is 6.40. The first-order chi connectivity index (χ1) is 4.22. The first-order valence-corrected chi connectivity index (χ1v) is 3.42. The number of Topliss-reactive ketones (excluding diaryl/α,β-unsaturated/α-hetero) is 1. The predicted octanol–water partition coefficient (Wildman–Crippen LogP) is 2.32. The Kier molecular flexibility index (Phi) is 4.02. The molecular weight excluding hydrogens is 112 g/mol. The van der Waals surface area contributed by atoms with Gasteiger partial charge in [-0.25, -0.2) is 0 Å². The second-order valence-corrected chi connectivity index (χ2v) is 2.05. The second kappa shape index (κ2) is 4.30. The molecule has 0 fully saturated rings. The van der Waals surface area contributed by atoms with Gasteiger partial charge in [0.15, 0.2) is 5.78 Å². The van der Waals surface area contributed by atoms with Gasteiger partial charge in [-0.3, -0.25) is 4.79 Å². The average molecular weight is 126 g/mol. The highest BCUT2D eigenvalue weighted by atomic mass is 16.1. The summed E-state index contributed by atoms with van der Waals surface area (Å²) in [5.41, 5.74) is 0.956. The van der Waals surface area contributed by atoms with Crippen molar-refractivity contribution in [2.24, 2.45) is 0 Å². The Labute approximate surface area is 56.8 Å². The van der Waals surface area contributed by atoms with Crippen LogP contribution in [0.2, 0.25) is 0 Å². The third-order valence-corrected chi connectivity index (χ3v) is 1.28. The van der Waals surface area contributed by atoms with Crippen LogP contribution in [0.3, 0.4) is 0 Å². The molecule has 0 aromatic heterocycles. The SMILES string of the molecule is CC/C=C(/CC)C(C)=O. The van der Waals surface area contributed by atoms with Crippen molar-refractivity contribution in [3.63, 3.8) is 0 Å². The van der Waals surface area contributed by atoms with Crippen LogP contribution in [0.15, 0.2) is 11.6 Å². The minimum absolute atomic E-state index is 0.208. The fourth-order valence-corrected chi connectivity index (χ4v) is 0.783. The third kappa shape index (κ3) is 3.07. The predicted molar refractivity (Wildman–Crippen MR) is 39.3 cm³/mol. The molecule has 52 valence electrons. The Morgan fingerprint density at radius 1 is 1.44 bits per heavy atom. The van der Waals surface area contributed by atoms with E-state index < -0.39 is 0 Å². The van der Waals surface area contributed by atoms with Crippen LogP contribution in [-0.4, -0.2) is 5.78 Å². The van der Waals surface area contributed by atoms with Gasteiger partial charge in [-0.15, -0.1) is 0 Å². The van der Waals surface area contributed by atoms with Gasteiger partial charge < -0.3 is 0 Å². The van der Waals surface area contributed by atoms with Gasteiger partial charge in [0.2, 0.25) is 0 Å². The molecule has 0 atom stereocenters. The number of carbonyl (C=O) groups excluding carboxylic acids is 1. The highest BCUT2D eigenvalue weighted by Crippen LogP contribution is 2.02. The molecule has 0 rings (SSSR count). The molecule has 0 amide bonds. The van der Waals surface area contributed by atoms with Crippen LogP contribution in [0.4, 0.5) is 0 Å². The third-order valence-electron chi connectivity index (χ3n) is 1.28. The van der Waals surface area contributed by atoms with Gasteiger partial charge in [-0.2, -0.15) is 0 Å². The van der Waals surface area contributed by atoms with Crippen LogP contribution >= 0.6 is 0 Å². The monoisotopic (exact) mass is 126 g/mol. The molecule has 0 aliphatic heterocycles. The average Bonchev–Trinajstić information content (AvgIpc) is 1.82. The van der Waals surface area contributed by atoms with E-state index in [4.69, 9.17) is 0 Å². The lowest BCUT2D eigenvalue weighted by Gasteiger charge is -1.95.